The van der Waals surface area contributed by atoms with Crippen molar-refractivity contribution in [3.8, 4) is 0 Å². The highest BCUT2D eigenvalue weighted by molar-refractivity contribution is 7.98. The van der Waals surface area contributed by atoms with E-state index in [0.29, 0.717) is 12.2 Å². The molecule has 8 heteroatoms. The van der Waals surface area contributed by atoms with E-state index in [1.807, 2.05) is 6.26 Å². The van der Waals surface area contributed by atoms with Gasteiger partial charge in [0.25, 0.3) is 0 Å². The summed E-state index contributed by atoms with van der Waals surface area (Å²) in [6.07, 6.45) is 2.23. The zero-order valence-electron chi connectivity index (χ0n) is 10.8. The lowest BCUT2D eigenvalue weighted by molar-refractivity contribution is -0.117. The second-order valence-electron chi connectivity index (χ2n) is 3.96. The fourth-order valence-electron chi connectivity index (χ4n) is 1.48. The minimum absolute atomic E-state index is 0.106. The molecule has 1 atom stereocenters. The summed E-state index contributed by atoms with van der Waals surface area (Å²) in [7, 11) is 0. The highest BCUT2D eigenvalue weighted by atomic mass is 32.2. The molecule has 0 heterocycles. The molecule has 0 saturated heterocycles. The summed E-state index contributed by atoms with van der Waals surface area (Å²) in [5, 5.41) is 4.71. The maximum Gasteiger partial charge on any atom is 0.312 e. The zero-order chi connectivity index (χ0) is 15.1. The molecule has 0 fully saturated rings. The number of halogens is 2. The van der Waals surface area contributed by atoms with Crippen molar-refractivity contribution in [2.75, 3.05) is 17.3 Å². The lowest BCUT2D eigenvalue weighted by Crippen LogP contribution is -2.46. The molecule has 0 saturated carbocycles. The quantitative estimate of drug-likeness (QED) is 0.748. The summed E-state index contributed by atoms with van der Waals surface area (Å²) < 4.78 is 25.8. The van der Waals surface area contributed by atoms with Crippen LogP contribution in [-0.2, 0) is 4.79 Å². The third-order valence-corrected chi connectivity index (χ3v) is 3.07. The van der Waals surface area contributed by atoms with Crippen molar-refractivity contribution < 1.29 is 18.4 Å². The number of nitrogens with two attached hydrogens (primary N) is 1. The minimum atomic E-state index is -1.06. The van der Waals surface area contributed by atoms with E-state index in [1.54, 1.807) is 0 Å². The first kappa shape index (κ1) is 16.2. The Kier molecular flexibility index (Phi) is 6.23. The first-order valence-electron chi connectivity index (χ1n) is 5.75. The maximum atomic E-state index is 13.0. The standard InChI is InChI=1S/C12H15F2N3O2S/c1-20-5-4-10(17-12(15)19)11(18)16-7-2-3-8(13)9(14)6-7/h2-3,6,10H,4-5H2,1H3,(H,16,18)(H3,15,17,19)/t10-/m1/s1. The Labute approximate surface area is 119 Å². The number of carbonyl (C=O) groups excluding carboxylic acids is 2. The van der Waals surface area contributed by atoms with Crippen LogP contribution in [0.15, 0.2) is 18.2 Å². The lowest BCUT2D eigenvalue weighted by Gasteiger charge is -2.16. The molecule has 110 valence electrons. The Morgan fingerprint density at radius 1 is 1.35 bits per heavy atom. The highest BCUT2D eigenvalue weighted by Crippen LogP contribution is 2.14. The Balaban J connectivity index is 2.73. The van der Waals surface area contributed by atoms with Gasteiger partial charge in [0, 0.05) is 11.8 Å². The van der Waals surface area contributed by atoms with Gasteiger partial charge in [0.05, 0.1) is 0 Å². The summed E-state index contributed by atoms with van der Waals surface area (Å²) in [5.74, 6) is -1.97. The van der Waals surface area contributed by atoms with Gasteiger partial charge in [-0.1, -0.05) is 0 Å². The van der Waals surface area contributed by atoms with Crippen LogP contribution < -0.4 is 16.4 Å². The van der Waals surface area contributed by atoms with Gasteiger partial charge in [-0.25, -0.2) is 13.6 Å². The molecule has 0 unspecified atom stereocenters. The molecule has 5 nitrogen and oxygen atoms in total. The van der Waals surface area contributed by atoms with Crippen molar-refractivity contribution in [1.82, 2.24) is 5.32 Å². The van der Waals surface area contributed by atoms with Gasteiger partial charge in [0.1, 0.15) is 6.04 Å². The molecule has 3 amide bonds. The Morgan fingerprint density at radius 2 is 2.05 bits per heavy atom. The normalized spacial score (nSPS) is 11.8. The third-order valence-electron chi connectivity index (χ3n) is 2.43. The molecule has 4 N–H and O–H groups in total. The number of benzene rings is 1. The molecule has 1 rings (SSSR count). The van der Waals surface area contributed by atoms with Crippen LogP contribution in [-0.4, -0.2) is 30.0 Å². The van der Waals surface area contributed by atoms with Crippen LogP contribution in [0.2, 0.25) is 0 Å². The van der Waals surface area contributed by atoms with E-state index < -0.39 is 29.6 Å². The van der Waals surface area contributed by atoms with Gasteiger partial charge >= 0.3 is 6.03 Å². The SMILES string of the molecule is CSCC[C@@H](NC(N)=O)C(=O)Nc1ccc(F)c(F)c1. The van der Waals surface area contributed by atoms with E-state index in [9.17, 15) is 18.4 Å². The third kappa shape index (κ3) is 5.04. The van der Waals surface area contributed by atoms with Gasteiger partial charge in [-0.15, -0.1) is 0 Å². The number of hydrogen-bond acceptors (Lipinski definition) is 3. The van der Waals surface area contributed by atoms with Crippen molar-refractivity contribution in [2.45, 2.75) is 12.5 Å². The van der Waals surface area contributed by atoms with Gasteiger partial charge < -0.3 is 16.4 Å². The average Bonchev–Trinajstić information content (AvgIpc) is 2.38. The van der Waals surface area contributed by atoms with Crippen LogP contribution in [0.3, 0.4) is 0 Å². The predicted octanol–water partition coefficient (Wildman–Crippen LogP) is 1.69. The second kappa shape index (κ2) is 7.68. The van der Waals surface area contributed by atoms with Crippen LogP contribution in [0, 0.1) is 11.6 Å². The second-order valence-corrected chi connectivity index (χ2v) is 4.95. The largest absolute Gasteiger partial charge is 0.352 e. The number of nitrogens with one attached hydrogen (secondary N) is 2. The van der Waals surface area contributed by atoms with Crippen LogP contribution in [0.25, 0.3) is 0 Å². The average molecular weight is 303 g/mol. The summed E-state index contributed by atoms with van der Waals surface area (Å²) in [6.45, 7) is 0. The number of thioether (sulfide) groups is 1. The molecule has 0 aliphatic carbocycles. The number of primary amides is 1. The fourth-order valence-corrected chi connectivity index (χ4v) is 1.95. The van der Waals surface area contributed by atoms with Crippen molar-refractivity contribution in [2.24, 2.45) is 5.73 Å². The number of rotatable bonds is 6. The molecule has 0 aliphatic heterocycles. The molecule has 0 spiro atoms. The van der Waals surface area contributed by atoms with E-state index in [-0.39, 0.29) is 5.69 Å². The van der Waals surface area contributed by atoms with E-state index in [1.165, 1.54) is 17.8 Å². The summed E-state index contributed by atoms with van der Waals surface area (Å²) in [5.41, 5.74) is 5.10. The van der Waals surface area contributed by atoms with Gasteiger partial charge in [-0.2, -0.15) is 11.8 Å². The molecule has 0 aliphatic rings. The summed E-state index contributed by atoms with van der Waals surface area (Å²) in [6, 6.07) is 1.35. The summed E-state index contributed by atoms with van der Waals surface area (Å²) >= 11 is 1.50. The maximum absolute atomic E-state index is 13.0. The summed E-state index contributed by atoms with van der Waals surface area (Å²) in [4.78, 5) is 22.8. The minimum Gasteiger partial charge on any atom is -0.352 e. The Morgan fingerprint density at radius 3 is 2.60 bits per heavy atom. The molecule has 1 aromatic rings. The van der Waals surface area contributed by atoms with Gasteiger partial charge in [-0.05, 0) is 30.6 Å². The Bertz CT molecular complexity index is 500. The van der Waals surface area contributed by atoms with Crippen molar-refractivity contribution >= 4 is 29.4 Å². The zero-order valence-corrected chi connectivity index (χ0v) is 11.6. The van der Waals surface area contributed by atoms with Gasteiger partial charge in [0.15, 0.2) is 11.6 Å². The fraction of sp³-hybridized carbons (Fsp3) is 0.333. The first-order valence-corrected chi connectivity index (χ1v) is 7.14. The van der Waals surface area contributed by atoms with Crippen molar-refractivity contribution in [3.05, 3.63) is 29.8 Å². The first-order chi connectivity index (χ1) is 9.43. The molecule has 0 bridgehead atoms. The molecule has 0 aromatic heterocycles. The molecular formula is C12H15F2N3O2S. The number of urea groups is 1. The topological polar surface area (TPSA) is 84.2 Å². The van der Waals surface area contributed by atoms with E-state index >= 15 is 0 Å². The number of carbonyl (C=O) groups is 2. The highest BCUT2D eigenvalue weighted by Gasteiger charge is 2.19. The molecule has 20 heavy (non-hydrogen) atoms. The van der Waals surface area contributed by atoms with Crippen molar-refractivity contribution in [1.29, 1.82) is 0 Å². The smallest absolute Gasteiger partial charge is 0.312 e. The molecule has 0 radical (unpaired) electrons. The van der Waals surface area contributed by atoms with Crippen LogP contribution in [0.5, 0.6) is 0 Å². The van der Waals surface area contributed by atoms with Crippen molar-refractivity contribution in [3.63, 3.8) is 0 Å². The number of anilines is 1. The number of amides is 3. The monoisotopic (exact) mass is 303 g/mol. The van der Waals surface area contributed by atoms with Crippen LogP contribution in [0.4, 0.5) is 19.3 Å². The van der Waals surface area contributed by atoms with E-state index in [4.69, 9.17) is 5.73 Å². The Hall–Kier alpha value is -1.83. The molecule has 1 aromatic carbocycles. The van der Waals surface area contributed by atoms with E-state index in [0.717, 1.165) is 12.1 Å². The molecular weight excluding hydrogens is 288 g/mol. The van der Waals surface area contributed by atoms with Crippen LogP contribution >= 0.6 is 11.8 Å². The van der Waals surface area contributed by atoms with Gasteiger partial charge in [0.2, 0.25) is 5.91 Å². The van der Waals surface area contributed by atoms with Crippen LogP contribution in [0.1, 0.15) is 6.42 Å². The van der Waals surface area contributed by atoms with Gasteiger partial charge in [-0.3, -0.25) is 4.79 Å². The predicted molar refractivity (Wildman–Crippen MR) is 74.5 cm³/mol. The lowest BCUT2D eigenvalue weighted by atomic mass is 10.2. The van der Waals surface area contributed by atoms with E-state index in [2.05, 4.69) is 10.6 Å². The number of hydrogen-bond donors (Lipinski definition) is 3.